The zero-order chi connectivity index (χ0) is 15.1. The number of carbonyl (C=O) groups excluding carboxylic acids is 2. The molecule has 0 unspecified atom stereocenters. The first-order valence-corrected chi connectivity index (χ1v) is 6.59. The lowest BCUT2D eigenvalue weighted by Gasteiger charge is -2.11. The minimum Gasteiger partial charge on any atom is -0.385 e. The maximum absolute atomic E-state index is 12.1. The summed E-state index contributed by atoms with van der Waals surface area (Å²) in [4.78, 5) is 31.9. The number of rotatable bonds is 6. The Bertz CT molecular complexity index is 488. The van der Waals surface area contributed by atoms with Crippen molar-refractivity contribution in [2.75, 3.05) is 25.5 Å². The number of anilines is 1. The van der Waals surface area contributed by atoms with E-state index in [-0.39, 0.29) is 24.1 Å². The first-order valence-electron chi connectivity index (χ1n) is 6.59. The van der Waals surface area contributed by atoms with Gasteiger partial charge in [-0.3, -0.25) is 9.59 Å². The van der Waals surface area contributed by atoms with E-state index in [2.05, 4.69) is 25.9 Å². The topological polar surface area (TPSA) is 96.0 Å². The lowest BCUT2D eigenvalue weighted by molar-refractivity contribution is -0.120. The third kappa shape index (κ3) is 4.18. The van der Waals surface area contributed by atoms with Crippen molar-refractivity contribution in [2.45, 2.75) is 26.7 Å². The monoisotopic (exact) mass is 279 g/mol. The molecule has 0 aliphatic carbocycles. The van der Waals surface area contributed by atoms with Gasteiger partial charge >= 0.3 is 0 Å². The molecule has 2 amide bonds. The van der Waals surface area contributed by atoms with Gasteiger partial charge in [-0.15, -0.1) is 0 Å². The molecule has 7 heteroatoms. The van der Waals surface area contributed by atoms with Crippen molar-refractivity contribution in [3.63, 3.8) is 0 Å². The van der Waals surface area contributed by atoms with Crippen molar-refractivity contribution in [2.24, 2.45) is 0 Å². The van der Waals surface area contributed by atoms with Crippen LogP contribution in [0.15, 0.2) is 6.20 Å². The van der Waals surface area contributed by atoms with E-state index in [0.29, 0.717) is 18.1 Å². The summed E-state index contributed by atoms with van der Waals surface area (Å²) in [6, 6.07) is 0. The Morgan fingerprint density at radius 3 is 2.55 bits per heavy atom. The van der Waals surface area contributed by atoms with Crippen LogP contribution in [-0.2, 0) is 4.79 Å². The highest BCUT2D eigenvalue weighted by molar-refractivity contribution is 5.99. The third-order valence-electron chi connectivity index (χ3n) is 2.59. The largest absolute Gasteiger partial charge is 0.385 e. The average molecular weight is 279 g/mol. The number of carbonyl (C=O) groups is 2. The molecule has 0 saturated heterocycles. The summed E-state index contributed by atoms with van der Waals surface area (Å²) in [5.74, 6) is 0.0814. The molecule has 110 valence electrons. The fourth-order valence-corrected chi connectivity index (χ4v) is 1.53. The van der Waals surface area contributed by atoms with Gasteiger partial charge < -0.3 is 16.0 Å². The van der Waals surface area contributed by atoms with Gasteiger partial charge in [0.15, 0.2) is 5.69 Å². The van der Waals surface area contributed by atoms with Crippen LogP contribution in [-0.4, -0.2) is 41.9 Å². The van der Waals surface area contributed by atoms with Gasteiger partial charge in [0.05, 0.1) is 18.4 Å². The van der Waals surface area contributed by atoms with Crippen LogP contribution in [0.2, 0.25) is 0 Å². The van der Waals surface area contributed by atoms with Gasteiger partial charge in [0.2, 0.25) is 5.91 Å². The van der Waals surface area contributed by atoms with Crippen molar-refractivity contribution in [3.8, 4) is 0 Å². The van der Waals surface area contributed by atoms with Gasteiger partial charge in [-0.2, -0.15) is 0 Å². The average Bonchev–Trinajstić information content (AvgIpc) is 2.44. The second kappa shape index (κ2) is 7.42. The molecule has 1 rings (SSSR count). The highest BCUT2D eigenvalue weighted by atomic mass is 16.2. The smallest absolute Gasteiger partial charge is 0.272 e. The van der Waals surface area contributed by atoms with Gasteiger partial charge in [0.25, 0.3) is 5.91 Å². The van der Waals surface area contributed by atoms with E-state index < -0.39 is 5.91 Å². The molecule has 7 nitrogen and oxygen atoms in total. The van der Waals surface area contributed by atoms with Crippen molar-refractivity contribution < 1.29 is 9.59 Å². The van der Waals surface area contributed by atoms with Crippen LogP contribution in [0.3, 0.4) is 0 Å². The van der Waals surface area contributed by atoms with Gasteiger partial charge in [0.1, 0.15) is 5.82 Å². The van der Waals surface area contributed by atoms with Crippen LogP contribution in [0.25, 0.3) is 0 Å². The minimum atomic E-state index is -0.398. The van der Waals surface area contributed by atoms with Crippen molar-refractivity contribution in [3.05, 3.63) is 17.7 Å². The molecule has 0 aromatic carbocycles. The fourth-order valence-electron chi connectivity index (χ4n) is 1.53. The van der Waals surface area contributed by atoms with Gasteiger partial charge in [0, 0.05) is 19.5 Å². The van der Waals surface area contributed by atoms with Gasteiger partial charge in [-0.1, -0.05) is 13.8 Å². The number of hydrogen-bond donors (Lipinski definition) is 3. The number of amides is 2. The van der Waals surface area contributed by atoms with E-state index in [1.165, 1.54) is 0 Å². The predicted molar refractivity (Wildman–Crippen MR) is 76.7 cm³/mol. The molecule has 0 aliphatic heterocycles. The Hall–Kier alpha value is -2.18. The maximum atomic E-state index is 12.1. The molecule has 3 N–H and O–H groups in total. The van der Waals surface area contributed by atoms with Crippen LogP contribution in [0.4, 0.5) is 5.69 Å². The van der Waals surface area contributed by atoms with Crippen molar-refractivity contribution in [1.82, 2.24) is 20.6 Å². The molecule has 1 aromatic rings. The Morgan fingerprint density at radius 2 is 2.00 bits per heavy atom. The summed E-state index contributed by atoms with van der Waals surface area (Å²) in [5, 5.41) is 8.02. The Morgan fingerprint density at radius 1 is 1.30 bits per heavy atom. The predicted octanol–water partition coefficient (Wildman–Crippen LogP) is 0.508. The summed E-state index contributed by atoms with van der Waals surface area (Å²) in [6.45, 7) is 6.17. The Kier molecular flexibility index (Phi) is 5.89. The summed E-state index contributed by atoms with van der Waals surface area (Å²) in [7, 11) is 1.69. The second-order valence-electron chi connectivity index (χ2n) is 4.53. The number of nitrogens with zero attached hydrogens (tertiary/aromatic N) is 2. The minimum absolute atomic E-state index is 0.0726. The normalized spacial score (nSPS) is 10.2. The molecule has 1 aromatic heterocycles. The number of aromatic nitrogens is 2. The van der Waals surface area contributed by atoms with Crippen LogP contribution in [0.5, 0.6) is 0 Å². The highest BCUT2D eigenvalue weighted by Gasteiger charge is 2.16. The van der Waals surface area contributed by atoms with E-state index >= 15 is 0 Å². The molecule has 0 radical (unpaired) electrons. The van der Waals surface area contributed by atoms with Gasteiger partial charge in [-0.25, -0.2) is 9.97 Å². The molecule has 0 bridgehead atoms. The Labute approximate surface area is 118 Å². The van der Waals surface area contributed by atoms with E-state index in [0.717, 1.165) is 0 Å². The van der Waals surface area contributed by atoms with E-state index in [1.807, 2.05) is 20.8 Å². The second-order valence-corrected chi connectivity index (χ2v) is 4.53. The first kappa shape index (κ1) is 15.9. The Balaban J connectivity index is 2.84. The summed E-state index contributed by atoms with van der Waals surface area (Å²) < 4.78 is 0. The van der Waals surface area contributed by atoms with Crippen LogP contribution in [0.1, 0.15) is 43.0 Å². The molecule has 0 fully saturated rings. The highest BCUT2D eigenvalue weighted by Crippen LogP contribution is 2.15. The van der Waals surface area contributed by atoms with Crippen LogP contribution < -0.4 is 16.0 Å². The van der Waals surface area contributed by atoms with Crippen LogP contribution >= 0.6 is 0 Å². The summed E-state index contributed by atoms with van der Waals surface area (Å²) in [6.07, 6.45) is 1.57. The van der Waals surface area contributed by atoms with E-state index in [9.17, 15) is 9.59 Å². The molecule has 0 aliphatic rings. The molecule has 1 heterocycles. The zero-order valence-electron chi connectivity index (χ0n) is 12.3. The summed E-state index contributed by atoms with van der Waals surface area (Å²) >= 11 is 0. The first-order chi connectivity index (χ1) is 9.49. The standard InChI is InChI=1S/C13H21N5O2/c1-5-15-10(19)7-17-13(20)11-9(14-4)6-16-12(18-11)8(2)3/h6,8,14H,5,7H2,1-4H3,(H,15,19)(H,17,20). The van der Waals surface area contributed by atoms with E-state index in [1.54, 1.807) is 13.2 Å². The molecular weight excluding hydrogens is 258 g/mol. The maximum Gasteiger partial charge on any atom is 0.272 e. The van der Waals surface area contributed by atoms with Crippen LogP contribution in [0, 0.1) is 0 Å². The van der Waals surface area contributed by atoms with E-state index in [4.69, 9.17) is 0 Å². The third-order valence-corrected chi connectivity index (χ3v) is 2.59. The van der Waals surface area contributed by atoms with Gasteiger partial charge in [-0.05, 0) is 6.92 Å². The lowest BCUT2D eigenvalue weighted by Crippen LogP contribution is -2.37. The molecule has 0 atom stereocenters. The molecule has 0 saturated carbocycles. The molecular formula is C13H21N5O2. The SMILES string of the molecule is CCNC(=O)CNC(=O)c1nc(C(C)C)ncc1NC. The number of hydrogen-bond acceptors (Lipinski definition) is 5. The number of likely N-dealkylation sites (N-methyl/N-ethyl adjacent to an activating group) is 1. The molecule has 0 spiro atoms. The molecule has 20 heavy (non-hydrogen) atoms. The number of nitrogens with one attached hydrogen (secondary N) is 3. The fraction of sp³-hybridized carbons (Fsp3) is 0.538. The van der Waals surface area contributed by atoms with Crippen molar-refractivity contribution in [1.29, 1.82) is 0 Å². The quantitative estimate of drug-likeness (QED) is 0.705. The summed E-state index contributed by atoms with van der Waals surface area (Å²) in [5.41, 5.74) is 0.776. The lowest BCUT2D eigenvalue weighted by atomic mass is 10.2. The van der Waals surface area contributed by atoms with Crippen molar-refractivity contribution >= 4 is 17.5 Å². The zero-order valence-corrected chi connectivity index (χ0v) is 12.3.